The van der Waals surface area contributed by atoms with E-state index >= 15 is 0 Å². The van der Waals surface area contributed by atoms with Gasteiger partial charge in [-0.25, -0.2) is 9.08 Å². The number of unbranched alkanes of at least 4 members (excludes halogenated alkanes) is 11. The van der Waals surface area contributed by atoms with Crippen LogP contribution in [0, 0.1) is 17.2 Å². The van der Waals surface area contributed by atoms with Gasteiger partial charge in [0.1, 0.15) is 23.3 Å². The summed E-state index contributed by atoms with van der Waals surface area (Å²) in [6.45, 7) is 3.65. The standard InChI is InChI=1S/C37H54N5O7P/c1-3-4-5-6-7-8-9-10-11-12-13-17-24-47-36(45)28(2)41-50(46,49-30-18-15-14-16-19-30)48-26-29-25-37(27-38,35(44)34(29)43)33-21-20-32-31(39)22-23-40-42(32)33/h14-16,18-23,28-29,34-35,43-44H,3-13,17,24-26,39H2,1-2H3,(H,41,46)/t28-,29+,34+,35+,37+,50?/m0/s1. The van der Waals surface area contributed by atoms with E-state index in [1.54, 1.807) is 48.5 Å². The first-order chi connectivity index (χ1) is 24.1. The SMILES string of the molecule is CCCCCCCCCCCCCCOC(=O)[C@H](C)NP(=O)(OC[C@H]1C[C@@](C#N)(c2ccc3c(N)ccnn23)[C@H](O)[C@@H]1O)Oc1ccccc1. The summed E-state index contributed by atoms with van der Waals surface area (Å²) >= 11 is 0. The number of carbonyl (C=O) groups excluding carboxylic acids is 1. The van der Waals surface area contributed by atoms with E-state index in [2.05, 4.69) is 23.2 Å². The summed E-state index contributed by atoms with van der Waals surface area (Å²) in [6.07, 6.45) is 12.9. The monoisotopic (exact) mass is 711 g/mol. The molecule has 0 radical (unpaired) electrons. The molecule has 274 valence electrons. The number of benzene rings is 1. The number of nitrogens with two attached hydrogens (primary N) is 1. The Morgan fingerprint density at radius 1 is 1.04 bits per heavy atom. The van der Waals surface area contributed by atoms with Crippen LogP contribution in [-0.4, -0.2) is 57.3 Å². The summed E-state index contributed by atoms with van der Waals surface area (Å²) in [5, 5.41) is 39.6. The number of nitrogen functional groups attached to an aromatic ring is 1. The van der Waals surface area contributed by atoms with Crippen LogP contribution >= 0.6 is 7.75 Å². The molecule has 6 atom stereocenters. The molecule has 1 aliphatic carbocycles. The van der Waals surface area contributed by atoms with Crippen LogP contribution in [0.1, 0.15) is 103 Å². The molecule has 0 bridgehead atoms. The third kappa shape index (κ3) is 10.3. The lowest BCUT2D eigenvalue weighted by molar-refractivity contribution is -0.145. The fourth-order valence-corrected chi connectivity index (χ4v) is 8.14. The van der Waals surface area contributed by atoms with Crippen LogP contribution in [0.5, 0.6) is 5.75 Å². The number of carbonyl (C=O) groups is 1. The molecule has 0 aliphatic heterocycles. The van der Waals surface area contributed by atoms with Gasteiger partial charge in [-0.15, -0.1) is 0 Å². The molecule has 13 heteroatoms. The highest BCUT2D eigenvalue weighted by Gasteiger charge is 2.56. The number of para-hydroxylation sites is 1. The lowest BCUT2D eigenvalue weighted by atomic mass is 9.81. The second-order valence-electron chi connectivity index (χ2n) is 13.4. The van der Waals surface area contributed by atoms with Crippen LogP contribution < -0.4 is 15.3 Å². The summed E-state index contributed by atoms with van der Waals surface area (Å²) in [6, 6.07) is 14.5. The van der Waals surface area contributed by atoms with Crippen LogP contribution in [0.2, 0.25) is 0 Å². The number of ether oxygens (including phenoxy) is 1. The summed E-state index contributed by atoms with van der Waals surface area (Å²) in [7, 11) is -4.24. The average Bonchev–Trinajstić information content (AvgIpc) is 3.66. The molecular formula is C37H54N5O7P. The second-order valence-corrected chi connectivity index (χ2v) is 15.1. The van der Waals surface area contributed by atoms with Crippen molar-refractivity contribution in [2.75, 3.05) is 18.9 Å². The number of hydrogen-bond donors (Lipinski definition) is 4. The highest BCUT2D eigenvalue weighted by Crippen LogP contribution is 2.49. The molecule has 0 spiro atoms. The Morgan fingerprint density at radius 3 is 2.32 bits per heavy atom. The molecule has 4 rings (SSSR count). The minimum absolute atomic E-state index is 0.0313. The van der Waals surface area contributed by atoms with E-state index in [1.807, 2.05) is 0 Å². The number of nitrogens with one attached hydrogen (secondary N) is 1. The molecule has 1 fully saturated rings. The highest BCUT2D eigenvalue weighted by molar-refractivity contribution is 7.52. The number of aromatic nitrogens is 2. The van der Waals surface area contributed by atoms with E-state index in [1.165, 1.54) is 75.4 Å². The summed E-state index contributed by atoms with van der Waals surface area (Å²) < 4.78 is 32.6. The number of fused-ring (bicyclic) bond motifs is 1. The van der Waals surface area contributed by atoms with Crippen molar-refractivity contribution in [3.05, 3.63) is 60.4 Å². The number of rotatable bonds is 22. The molecule has 5 N–H and O–H groups in total. The Bertz CT molecular complexity index is 1580. The summed E-state index contributed by atoms with van der Waals surface area (Å²) in [5.74, 6) is -1.18. The van der Waals surface area contributed by atoms with Crippen molar-refractivity contribution in [1.29, 1.82) is 5.26 Å². The zero-order valence-electron chi connectivity index (χ0n) is 29.4. The van der Waals surface area contributed by atoms with Gasteiger partial charge >= 0.3 is 13.7 Å². The number of nitrogens with zero attached hydrogens (tertiary/aromatic N) is 3. The number of anilines is 1. The van der Waals surface area contributed by atoms with E-state index in [0.717, 1.165) is 19.3 Å². The first-order valence-electron chi connectivity index (χ1n) is 18.1. The Hall–Kier alpha value is -3.46. The van der Waals surface area contributed by atoms with Gasteiger partial charge in [-0.05, 0) is 50.1 Å². The fraction of sp³-hybridized carbons (Fsp3) is 0.595. The topological polar surface area (TPSA) is 181 Å². The quantitative estimate of drug-likeness (QED) is 0.0486. The molecule has 2 aromatic heterocycles. The molecule has 1 saturated carbocycles. The van der Waals surface area contributed by atoms with E-state index in [-0.39, 0.29) is 25.4 Å². The van der Waals surface area contributed by atoms with Gasteiger partial charge in [0, 0.05) is 12.1 Å². The van der Waals surface area contributed by atoms with Crippen molar-refractivity contribution in [2.24, 2.45) is 5.92 Å². The maximum Gasteiger partial charge on any atom is 0.459 e. The fourth-order valence-electron chi connectivity index (χ4n) is 6.60. The van der Waals surface area contributed by atoms with Crippen LogP contribution in [-0.2, 0) is 24.0 Å². The van der Waals surface area contributed by atoms with Gasteiger partial charge in [-0.1, -0.05) is 95.8 Å². The van der Waals surface area contributed by atoms with Gasteiger partial charge < -0.3 is 25.2 Å². The summed E-state index contributed by atoms with van der Waals surface area (Å²) in [4.78, 5) is 12.9. The van der Waals surface area contributed by atoms with Crippen LogP contribution in [0.3, 0.4) is 0 Å². The smallest absolute Gasteiger partial charge is 0.459 e. The van der Waals surface area contributed by atoms with Crippen molar-refractivity contribution in [3.63, 3.8) is 0 Å². The summed E-state index contributed by atoms with van der Waals surface area (Å²) in [5.41, 5.74) is 5.89. The predicted molar refractivity (Wildman–Crippen MR) is 192 cm³/mol. The number of nitriles is 1. The molecular weight excluding hydrogens is 657 g/mol. The van der Waals surface area contributed by atoms with Crippen LogP contribution in [0.25, 0.3) is 5.52 Å². The third-order valence-electron chi connectivity index (χ3n) is 9.51. The molecule has 12 nitrogen and oxygen atoms in total. The highest BCUT2D eigenvalue weighted by atomic mass is 31.2. The van der Waals surface area contributed by atoms with Gasteiger partial charge in [0.2, 0.25) is 0 Å². The first kappa shape index (κ1) is 39.3. The van der Waals surface area contributed by atoms with Gasteiger partial charge in [0.15, 0.2) is 0 Å². The minimum Gasteiger partial charge on any atom is -0.465 e. The zero-order valence-corrected chi connectivity index (χ0v) is 30.3. The lowest BCUT2D eigenvalue weighted by Crippen LogP contribution is -2.40. The Balaban J connectivity index is 1.30. The number of aliphatic hydroxyl groups excluding tert-OH is 2. The minimum atomic E-state index is -4.24. The maximum absolute atomic E-state index is 14.1. The van der Waals surface area contributed by atoms with Crippen molar-refractivity contribution in [2.45, 2.75) is 121 Å². The van der Waals surface area contributed by atoms with E-state index < -0.39 is 43.3 Å². The van der Waals surface area contributed by atoms with Crippen molar-refractivity contribution in [3.8, 4) is 11.8 Å². The van der Waals surface area contributed by atoms with Gasteiger partial charge in [0.05, 0.1) is 42.3 Å². The van der Waals surface area contributed by atoms with Crippen LogP contribution in [0.4, 0.5) is 5.69 Å². The Morgan fingerprint density at radius 2 is 1.68 bits per heavy atom. The number of hydrogen-bond acceptors (Lipinski definition) is 10. The predicted octanol–water partition coefficient (Wildman–Crippen LogP) is 6.85. The van der Waals surface area contributed by atoms with Crippen LogP contribution in [0.15, 0.2) is 54.7 Å². The number of esters is 1. The number of aliphatic hydroxyl groups is 2. The molecule has 1 unspecified atom stereocenters. The molecule has 50 heavy (non-hydrogen) atoms. The van der Waals surface area contributed by atoms with Crippen molar-refractivity contribution >= 4 is 24.9 Å². The molecule has 1 aromatic carbocycles. The molecule has 0 amide bonds. The van der Waals surface area contributed by atoms with E-state index in [4.69, 9.17) is 19.5 Å². The average molecular weight is 712 g/mol. The van der Waals surface area contributed by atoms with Gasteiger partial charge in [-0.3, -0.25) is 9.32 Å². The third-order valence-corrected chi connectivity index (χ3v) is 11.2. The lowest BCUT2D eigenvalue weighted by Gasteiger charge is -2.25. The molecule has 3 aromatic rings. The van der Waals surface area contributed by atoms with Crippen molar-refractivity contribution < 1.29 is 33.4 Å². The largest absolute Gasteiger partial charge is 0.465 e. The van der Waals surface area contributed by atoms with Gasteiger partial charge in [-0.2, -0.15) is 15.4 Å². The Kier molecular flexibility index (Phi) is 15.1. The zero-order chi connectivity index (χ0) is 36.0. The Labute approximate surface area is 295 Å². The maximum atomic E-state index is 14.1. The van der Waals surface area contributed by atoms with Crippen molar-refractivity contribution in [1.82, 2.24) is 14.7 Å². The van der Waals surface area contributed by atoms with Gasteiger partial charge in [0.25, 0.3) is 0 Å². The molecule has 0 saturated heterocycles. The normalized spacial score (nSPS) is 22.2. The van der Waals surface area contributed by atoms with E-state index in [9.17, 15) is 24.8 Å². The first-order valence-corrected chi connectivity index (χ1v) is 19.6. The van der Waals surface area contributed by atoms with E-state index in [0.29, 0.717) is 16.9 Å². The molecule has 1 aliphatic rings. The molecule has 2 heterocycles. The second kappa shape index (κ2) is 19.2.